The summed E-state index contributed by atoms with van der Waals surface area (Å²) < 4.78 is 83.1. The highest BCUT2D eigenvalue weighted by atomic mass is 19.1. The molecule has 7 N–H and O–H groups in total. The smallest absolute Gasteiger partial charge is 0.341 e. The number of esters is 1. The van der Waals surface area contributed by atoms with Gasteiger partial charge in [0.1, 0.15) is 79.3 Å². The van der Waals surface area contributed by atoms with Gasteiger partial charge in [-0.1, -0.05) is 39.3 Å². The van der Waals surface area contributed by atoms with Gasteiger partial charge in [-0.25, -0.2) is 13.6 Å². The van der Waals surface area contributed by atoms with Gasteiger partial charge in [0.25, 0.3) is 0 Å². The topological polar surface area (TPSA) is 242 Å². The number of allylic oxidation sites excluding steroid dienone is 1. The number of rotatable bonds is 10. The van der Waals surface area contributed by atoms with Crippen molar-refractivity contribution in [1.29, 1.82) is 0 Å². The molecule has 10 rings (SSSR count). The monoisotopic (exact) mass is 994 g/mol. The second-order valence-corrected chi connectivity index (χ2v) is 22.6. The lowest BCUT2D eigenvalue weighted by Gasteiger charge is -2.58. The second kappa shape index (κ2) is 19.4. The molecule has 5 saturated heterocycles. The summed E-state index contributed by atoms with van der Waals surface area (Å²) in [4.78, 5) is 12.6. The minimum atomic E-state index is -1.79. The number of fused-ring (bicyclic) bond motifs is 7. The molecule has 0 radical (unpaired) electrons. The van der Waals surface area contributed by atoms with Crippen molar-refractivity contribution in [3.05, 3.63) is 47.0 Å². The lowest BCUT2D eigenvalue weighted by Crippen LogP contribution is -2.65. The first-order valence-corrected chi connectivity index (χ1v) is 25.5. The third-order valence-corrected chi connectivity index (χ3v) is 18.7. The highest BCUT2D eigenvalue weighted by Gasteiger charge is 2.69. The molecule has 17 nitrogen and oxygen atoms in total. The standard InChI is InChI=1S/C51H72F2O17/c1-22-10-15-51(63-20-22)23(2)36-33(70-51)18-31-28-8-6-25-16-27(11-13-49(25,4)30(28)12-14-50(31,36)5)65-48-44(69-46-41(59)39(57)37(55)24(3)64-46)42(60)43(34(19-54)66-48)68-47-40(58)38(56)35(67-47)21-62-45(61)29-9-7-26(52)17-32(29)53/h6-7,9,17,22-24,27-28,30-31,33-44,46-48,54-60H,8,10-16,18-21H2,1-5H3. The third-order valence-electron chi connectivity index (χ3n) is 18.7. The van der Waals surface area contributed by atoms with Gasteiger partial charge in [0, 0.05) is 18.4 Å². The molecule has 0 aromatic heterocycles. The van der Waals surface area contributed by atoms with Crippen LogP contribution in [0.25, 0.3) is 0 Å². The van der Waals surface area contributed by atoms with Crippen LogP contribution < -0.4 is 0 Å². The van der Waals surface area contributed by atoms with Gasteiger partial charge in [-0.2, -0.15) is 0 Å². The molecule has 1 spiro atoms. The van der Waals surface area contributed by atoms with E-state index in [-0.39, 0.29) is 16.9 Å². The Morgan fingerprint density at radius 1 is 0.786 bits per heavy atom. The number of carbonyl (C=O) groups excluding carboxylic acids is 1. The van der Waals surface area contributed by atoms with Gasteiger partial charge in [-0.15, -0.1) is 0 Å². The van der Waals surface area contributed by atoms with E-state index in [1.807, 2.05) is 0 Å². The zero-order valence-corrected chi connectivity index (χ0v) is 40.5. The maximum atomic E-state index is 14.2. The number of halogens is 2. The van der Waals surface area contributed by atoms with Crippen LogP contribution in [-0.4, -0.2) is 166 Å². The fourth-order valence-corrected chi connectivity index (χ4v) is 14.7. The van der Waals surface area contributed by atoms with Crippen molar-refractivity contribution in [1.82, 2.24) is 0 Å². The number of carbonyl (C=O) groups is 1. The Balaban J connectivity index is 0.830. The van der Waals surface area contributed by atoms with Crippen molar-refractivity contribution >= 4 is 5.97 Å². The molecular weight excluding hydrogens is 923 g/mol. The van der Waals surface area contributed by atoms with Crippen LogP contribution in [0.2, 0.25) is 0 Å². The maximum absolute atomic E-state index is 14.2. The molecular formula is C51H72F2O17. The molecule has 0 amide bonds. The fraction of sp³-hybridized carbons (Fsp3) is 0.824. The number of ether oxygens (including phenoxy) is 9. The van der Waals surface area contributed by atoms with Crippen LogP contribution in [0.5, 0.6) is 0 Å². The summed E-state index contributed by atoms with van der Waals surface area (Å²) in [5.74, 6) is -0.850. The van der Waals surface area contributed by atoms with Crippen molar-refractivity contribution < 1.29 is 92.0 Å². The number of hydrogen-bond acceptors (Lipinski definition) is 17. The lowest BCUT2D eigenvalue weighted by atomic mass is 9.47. The van der Waals surface area contributed by atoms with E-state index < -0.39 is 134 Å². The van der Waals surface area contributed by atoms with Crippen LogP contribution in [0.4, 0.5) is 8.78 Å². The zero-order valence-electron chi connectivity index (χ0n) is 40.5. The third kappa shape index (κ3) is 8.71. The summed E-state index contributed by atoms with van der Waals surface area (Å²) in [5.41, 5.74) is 0.829. The van der Waals surface area contributed by atoms with Crippen LogP contribution >= 0.6 is 0 Å². The number of hydrogen-bond donors (Lipinski definition) is 7. The van der Waals surface area contributed by atoms with E-state index in [1.54, 1.807) is 0 Å². The van der Waals surface area contributed by atoms with Gasteiger partial charge in [-0.3, -0.25) is 0 Å². The predicted octanol–water partition coefficient (Wildman–Crippen LogP) is 3.00. The van der Waals surface area contributed by atoms with E-state index in [2.05, 4.69) is 33.8 Å². The van der Waals surface area contributed by atoms with Gasteiger partial charge in [0.15, 0.2) is 24.7 Å². The summed E-state index contributed by atoms with van der Waals surface area (Å²) >= 11 is 0. The van der Waals surface area contributed by atoms with E-state index in [4.69, 9.17) is 42.6 Å². The van der Waals surface area contributed by atoms with E-state index >= 15 is 0 Å². The first-order chi connectivity index (χ1) is 33.3. The van der Waals surface area contributed by atoms with Gasteiger partial charge < -0.3 is 78.4 Å². The Kier molecular flexibility index (Phi) is 14.2. The van der Waals surface area contributed by atoms with Crippen molar-refractivity contribution in [2.75, 3.05) is 19.8 Å². The van der Waals surface area contributed by atoms with Crippen LogP contribution in [0.1, 0.15) is 103 Å². The highest BCUT2D eigenvalue weighted by Crippen LogP contribution is 2.70. The van der Waals surface area contributed by atoms with Crippen LogP contribution in [0, 0.1) is 58.0 Å². The molecule has 9 aliphatic rings. The molecule has 3 saturated carbocycles. The Hall–Kier alpha value is -2.31. The summed E-state index contributed by atoms with van der Waals surface area (Å²) in [5, 5.41) is 76.8. The average molecular weight is 995 g/mol. The predicted molar refractivity (Wildman–Crippen MR) is 238 cm³/mol. The molecule has 5 heterocycles. The summed E-state index contributed by atoms with van der Waals surface area (Å²) in [6.07, 6.45) is -11.1. The minimum Gasteiger partial charge on any atom is -0.459 e. The molecule has 0 bridgehead atoms. The number of aliphatic hydroxyl groups excluding tert-OH is 7. The molecule has 25 atom stereocenters. The van der Waals surface area contributed by atoms with Gasteiger partial charge in [0.05, 0.1) is 37.1 Å². The molecule has 25 unspecified atom stereocenters. The van der Waals surface area contributed by atoms with Crippen LogP contribution in [0.3, 0.4) is 0 Å². The number of benzene rings is 1. The van der Waals surface area contributed by atoms with Crippen molar-refractivity contribution in [2.24, 2.45) is 46.3 Å². The second-order valence-electron chi connectivity index (χ2n) is 22.6. The minimum absolute atomic E-state index is 0.0687. The first-order valence-electron chi connectivity index (χ1n) is 25.5. The molecule has 1 aromatic rings. The van der Waals surface area contributed by atoms with Crippen molar-refractivity contribution in [3.8, 4) is 0 Å². The largest absolute Gasteiger partial charge is 0.459 e. The summed E-state index contributed by atoms with van der Waals surface area (Å²) in [6, 6.07) is 2.27. The summed E-state index contributed by atoms with van der Waals surface area (Å²) in [6.45, 7) is 10.3. The Morgan fingerprint density at radius 3 is 2.24 bits per heavy atom. The maximum Gasteiger partial charge on any atom is 0.341 e. The van der Waals surface area contributed by atoms with Gasteiger partial charge in [-0.05, 0) is 111 Å². The lowest BCUT2D eigenvalue weighted by molar-refractivity contribution is -0.380. The Labute approximate surface area is 406 Å². The van der Waals surface area contributed by atoms with E-state index in [1.165, 1.54) is 12.5 Å². The van der Waals surface area contributed by atoms with E-state index in [0.29, 0.717) is 54.4 Å². The highest BCUT2D eigenvalue weighted by molar-refractivity contribution is 5.89. The molecule has 19 heteroatoms. The van der Waals surface area contributed by atoms with Crippen molar-refractivity contribution in [3.63, 3.8) is 0 Å². The fourth-order valence-electron chi connectivity index (χ4n) is 14.7. The molecule has 4 aliphatic carbocycles. The molecule has 70 heavy (non-hydrogen) atoms. The van der Waals surface area contributed by atoms with E-state index in [0.717, 1.165) is 63.7 Å². The molecule has 392 valence electrons. The zero-order chi connectivity index (χ0) is 49.8. The molecule has 8 fully saturated rings. The number of aliphatic hydroxyl groups is 7. The van der Waals surface area contributed by atoms with Gasteiger partial charge >= 0.3 is 5.97 Å². The average Bonchev–Trinajstić information content (AvgIpc) is 3.89. The van der Waals surface area contributed by atoms with Crippen LogP contribution in [-0.2, 0) is 42.6 Å². The Bertz CT molecular complexity index is 2090. The Morgan fingerprint density at radius 2 is 1.51 bits per heavy atom. The van der Waals surface area contributed by atoms with Crippen LogP contribution in [0.15, 0.2) is 29.8 Å². The van der Waals surface area contributed by atoms with Crippen molar-refractivity contribution in [2.45, 2.75) is 196 Å². The normalized spacial score (nSPS) is 51.0. The molecule has 5 aliphatic heterocycles. The van der Waals surface area contributed by atoms with E-state index in [9.17, 15) is 49.3 Å². The quantitative estimate of drug-likeness (QED) is 0.132. The first kappa shape index (κ1) is 51.2. The van der Waals surface area contributed by atoms with Gasteiger partial charge in [0.2, 0.25) is 0 Å². The molecule has 1 aromatic carbocycles. The SMILES string of the molecule is CC1CCC2(OC1)OC1CC3C4CC=C5CC(OC6OC(CO)C(OC7OC(COC(=O)c8ccc(F)cc8F)C(O)C7O)C(O)C6OC6OC(C)C(O)C(O)C6O)CCC5(C)C4CCC3(C)C1C2C. The summed E-state index contributed by atoms with van der Waals surface area (Å²) in [7, 11) is 0.